The van der Waals surface area contributed by atoms with E-state index >= 15 is 0 Å². The van der Waals surface area contributed by atoms with Crippen molar-refractivity contribution in [1.82, 2.24) is 14.4 Å². The molecule has 0 radical (unpaired) electrons. The van der Waals surface area contributed by atoms with E-state index in [9.17, 15) is 9.70 Å². The Balaban J connectivity index is 1.82. The molecule has 0 bridgehead atoms. The number of carbonyl (C=O) groups excluding carboxylic acids is 1. The molecule has 0 aliphatic carbocycles. The minimum Gasteiger partial charge on any atom is -0.309 e. The highest BCUT2D eigenvalue weighted by atomic mass is 16.3. The Hall–Kier alpha value is -3.72. The smallest absolute Gasteiger partial charge is 0.309 e. The van der Waals surface area contributed by atoms with E-state index in [0.717, 1.165) is 17.3 Å². The van der Waals surface area contributed by atoms with Gasteiger partial charge in [-0.25, -0.2) is 4.98 Å². The number of nitrogens with one attached hydrogen (secondary N) is 2. The highest BCUT2D eigenvalue weighted by molar-refractivity contribution is 6.06. The van der Waals surface area contributed by atoms with Gasteiger partial charge in [-0.2, -0.15) is 4.98 Å². The number of amidine groups is 1. The van der Waals surface area contributed by atoms with E-state index in [2.05, 4.69) is 20.5 Å². The number of quaternary nitrogens is 1. The van der Waals surface area contributed by atoms with Gasteiger partial charge in [-0.1, -0.05) is 44.2 Å². The topological polar surface area (TPSA) is 129 Å². The Bertz CT molecular complexity index is 1070. The average molecular weight is 392 g/mol. The number of aromatic nitrogens is 3. The molecule has 148 valence electrons. The van der Waals surface area contributed by atoms with Gasteiger partial charge in [0.05, 0.1) is 18.3 Å². The van der Waals surface area contributed by atoms with Gasteiger partial charge in [0.2, 0.25) is 5.78 Å². The van der Waals surface area contributed by atoms with Crippen molar-refractivity contribution in [2.24, 2.45) is 11.1 Å². The van der Waals surface area contributed by atoms with Crippen molar-refractivity contribution in [3.63, 3.8) is 0 Å². The summed E-state index contributed by atoms with van der Waals surface area (Å²) >= 11 is 0. The zero-order valence-electron chi connectivity index (χ0n) is 16.2. The quantitative estimate of drug-likeness (QED) is 0.246. The van der Waals surface area contributed by atoms with Gasteiger partial charge >= 0.3 is 5.91 Å². The summed E-state index contributed by atoms with van der Waals surface area (Å²) in [4.78, 5) is 32.0. The largest absolute Gasteiger partial charge is 0.310 e. The fraction of sp³-hybridized carbons (Fsp3) is 0.200. The zero-order chi connectivity index (χ0) is 20.8. The first-order valence-electron chi connectivity index (χ1n) is 9.15. The molecule has 0 saturated carbocycles. The summed E-state index contributed by atoms with van der Waals surface area (Å²) in [7, 11) is 0. The number of nitrogens with zero attached hydrogens (tertiary/aromatic N) is 4. The van der Waals surface area contributed by atoms with Crippen LogP contribution in [0.15, 0.2) is 65.7 Å². The van der Waals surface area contributed by atoms with Crippen LogP contribution in [0.25, 0.3) is 17.0 Å². The van der Waals surface area contributed by atoms with Crippen LogP contribution in [0.2, 0.25) is 0 Å². The van der Waals surface area contributed by atoms with Gasteiger partial charge < -0.3 is 10.6 Å². The summed E-state index contributed by atoms with van der Waals surface area (Å²) in [5, 5.41) is 14.4. The van der Waals surface area contributed by atoms with E-state index in [1.807, 2.05) is 50.4 Å². The van der Waals surface area contributed by atoms with Crippen molar-refractivity contribution in [2.75, 3.05) is 11.9 Å². The summed E-state index contributed by atoms with van der Waals surface area (Å²) in [6.45, 7) is 4.64. The van der Waals surface area contributed by atoms with E-state index in [1.54, 1.807) is 22.0 Å². The molecule has 3 aromatic rings. The van der Waals surface area contributed by atoms with Crippen LogP contribution in [-0.4, -0.2) is 32.7 Å². The van der Waals surface area contributed by atoms with Crippen LogP contribution >= 0.6 is 0 Å². The highest BCUT2D eigenvalue weighted by Gasteiger charge is 2.17. The number of fused-ring (bicyclic) bond motifs is 1. The predicted octanol–water partition coefficient (Wildman–Crippen LogP) is 2.18. The molecule has 0 atom stereocenters. The van der Waals surface area contributed by atoms with Crippen LogP contribution in [-0.2, 0) is 4.79 Å². The highest BCUT2D eigenvalue weighted by Crippen LogP contribution is 2.18. The molecule has 4 N–H and O–H groups in total. The number of benzene rings is 1. The molecule has 0 aliphatic rings. The molecular formula is C20H22N7O2+. The monoisotopic (exact) mass is 392 g/mol. The maximum Gasteiger partial charge on any atom is 0.310 e. The lowest BCUT2D eigenvalue weighted by Gasteiger charge is -2.08. The number of hydrogen-bond donors (Lipinski definition) is 3. The van der Waals surface area contributed by atoms with Gasteiger partial charge in [-0.15, -0.1) is 4.91 Å². The molecule has 0 saturated heterocycles. The maximum absolute atomic E-state index is 12.6. The average Bonchev–Trinajstić information content (AvgIpc) is 3.14. The van der Waals surface area contributed by atoms with Gasteiger partial charge in [0.25, 0.3) is 0 Å². The van der Waals surface area contributed by atoms with Crippen molar-refractivity contribution >= 4 is 23.3 Å². The number of hydrogen-bond acceptors (Lipinski definition) is 5. The summed E-state index contributed by atoms with van der Waals surface area (Å²) in [5.41, 5.74) is 1.94. The number of carbonyl (C=O) groups is 1. The van der Waals surface area contributed by atoms with Gasteiger partial charge in [0.15, 0.2) is 11.5 Å². The molecule has 1 aromatic carbocycles. The lowest BCUT2D eigenvalue weighted by Crippen LogP contribution is -2.85. The molecule has 9 nitrogen and oxygen atoms in total. The Morgan fingerprint density at radius 3 is 2.72 bits per heavy atom. The molecule has 2 heterocycles. The number of amides is 1. The second kappa shape index (κ2) is 8.98. The Labute approximate surface area is 167 Å². The van der Waals surface area contributed by atoms with Crippen molar-refractivity contribution in [3.05, 3.63) is 65.5 Å². The first kappa shape index (κ1) is 20.0. The van der Waals surface area contributed by atoms with Crippen LogP contribution in [0, 0.1) is 16.2 Å². The molecule has 29 heavy (non-hydrogen) atoms. The molecule has 2 aromatic heterocycles. The fourth-order valence-electron chi connectivity index (χ4n) is 2.63. The number of nitroso groups, excluding NO2 is 1. The summed E-state index contributed by atoms with van der Waals surface area (Å²) in [6, 6.07) is 11.4. The lowest BCUT2D eigenvalue weighted by atomic mass is 10.2. The third kappa shape index (κ3) is 5.17. The Kier molecular flexibility index (Phi) is 6.20. The standard InChI is InChI=1S/C20H21N7O2/c1-13(2)11-22-15(10-17(21)26-29)19(28)24-18-8-9-27-12-16(23-20(27)25-18)14-6-4-3-5-7-14/h3-10,12-13,21-22H,11H2,1-2H3,(H,23,24,25,28)/p+1. The molecule has 1 amide bonds. The fourth-order valence-corrected chi connectivity index (χ4v) is 2.63. The van der Waals surface area contributed by atoms with Crippen molar-refractivity contribution < 1.29 is 10.1 Å². The van der Waals surface area contributed by atoms with Crippen LogP contribution in [0.1, 0.15) is 13.8 Å². The number of anilines is 1. The Morgan fingerprint density at radius 2 is 2.03 bits per heavy atom. The number of rotatable bonds is 7. The van der Waals surface area contributed by atoms with E-state index in [-0.39, 0.29) is 5.70 Å². The van der Waals surface area contributed by atoms with Gasteiger partial charge in [0.1, 0.15) is 5.82 Å². The van der Waals surface area contributed by atoms with Gasteiger partial charge in [0, 0.05) is 23.9 Å². The molecule has 0 spiro atoms. The van der Waals surface area contributed by atoms with Crippen molar-refractivity contribution in [2.45, 2.75) is 13.8 Å². The van der Waals surface area contributed by atoms with E-state index in [0.29, 0.717) is 24.1 Å². The molecule has 0 unspecified atom stereocenters. The lowest BCUT2D eigenvalue weighted by molar-refractivity contribution is -0.605. The summed E-state index contributed by atoms with van der Waals surface area (Å²) < 4.78 is 1.77. The van der Waals surface area contributed by atoms with Crippen LogP contribution in [0.4, 0.5) is 5.82 Å². The molecule has 0 aliphatic heterocycles. The van der Waals surface area contributed by atoms with E-state index in [1.165, 1.54) is 0 Å². The molecule has 0 fully saturated rings. The second-order valence-electron chi connectivity index (χ2n) is 6.88. The number of nitrogens with two attached hydrogens (primary N) is 1. The van der Waals surface area contributed by atoms with Gasteiger partial charge in [-0.05, 0) is 11.2 Å². The summed E-state index contributed by atoms with van der Waals surface area (Å²) in [6.07, 6.45) is 4.77. The SMILES string of the molecule is CC(C)C[NH2+]C(=CC(=N)N=O)C(=O)Nc1ccn2cc(-c3ccccc3)nc2n1. The third-order valence-electron chi connectivity index (χ3n) is 4.10. The number of imidazole rings is 1. The zero-order valence-corrected chi connectivity index (χ0v) is 16.2. The summed E-state index contributed by atoms with van der Waals surface area (Å²) in [5.74, 6) is 0.105. The minimum atomic E-state index is -0.515. The first-order valence-corrected chi connectivity index (χ1v) is 9.15. The molecular weight excluding hydrogens is 370 g/mol. The van der Waals surface area contributed by atoms with E-state index in [4.69, 9.17) is 5.41 Å². The molecule has 9 heteroatoms. The Morgan fingerprint density at radius 1 is 1.28 bits per heavy atom. The van der Waals surface area contributed by atoms with Crippen LogP contribution in [0.3, 0.4) is 0 Å². The first-order chi connectivity index (χ1) is 14.0. The maximum atomic E-state index is 12.6. The third-order valence-corrected chi connectivity index (χ3v) is 4.10. The van der Waals surface area contributed by atoms with E-state index < -0.39 is 11.7 Å². The predicted molar refractivity (Wildman–Crippen MR) is 110 cm³/mol. The van der Waals surface area contributed by atoms with Gasteiger partial charge in [-0.3, -0.25) is 14.6 Å². The normalized spacial score (nSPS) is 11.6. The minimum absolute atomic E-state index is 0.193. The molecule has 3 rings (SSSR count). The van der Waals surface area contributed by atoms with Crippen molar-refractivity contribution in [3.8, 4) is 11.3 Å². The van der Waals surface area contributed by atoms with Crippen LogP contribution < -0.4 is 10.6 Å². The van der Waals surface area contributed by atoms with Crippen molar-refractivity contribution in [1.29, 1.82) is 5.41 Å². The second-order valence-corrected chi connectivity index (χ2v) is 6.88. The van der Waals surface area contributed by atoms with Crippen LogP contribution in [0.5, 0.6) is 0 Å².